The minimum Gasteiger partial charge on any atom is -0.388 e. The fourth-order valence-corrected chi connectivity index (χ4v) is 2.29. The van der Waals surface area contributed by atoms with Crippen molar-refractivity contribution in [3.8, 4) is 0 Å². The second-order valence-corrected chi connectivity index (χ2v) is 5.03. The summed E-state index contributed by atoms with van der Waals surface area (Å²) in [6, 6.07) is 4.82. The van der Waals surface area contributed by atoms with Gasteiger partial charge in [-0.1, -0.05) is 12.1 Å². The first-order valence-corrected chi connectivity index (χ1v) is 6.39. The summed E-state index contributed by atoms with van der Waals surface area (Å²) < 4.78 is 15.5. The number of halogens is 2. The molecule has 0 spiro atoms. The van der Waals surface area contributed by atoms with Gasteiger partial charge < -0.3 is 5.11 Å². The zero-order valence-electron chi connectivity index (χ0n) is 10.2. The van der Waals surface area contributed by atoms with Crippen LogP contribution in [0.15, 0.2) is 28.9 Å². The third-order valence-corrected chi connectivity index (χ3v) is 3.97. The van der Waals surface area contributed by atoms with Crippen molar-refractivity contribution in [1.82, 2.24) is 9.78 Å². The highest BCUT2D eigenvalue weighted by Gasteiger charge is 2.16. The minimum absolute atomic E-state index is 0.317. The van der Waals surface area contributed by atoms with Gasteiger partial charge in [-0.3, -0.25) is 4.68 Å². The quantitative estimate of drug-likeness (QED) is 0.946. The Labute approximate surface area is 113 Å². The van der Waals surface area contributed by atoms with Crippen molar-refractivity contribution in [3.63, 3.8) is 0 Å². The van der Waals surface area contributed by atoms with E-state index in [2.05, 4.69) is 21.0 Å². The minimum atomic E-state index is -0.684. The summed E-state index contributed by atoms with van der Waals surface area (Å²) in [7, 11) is 1.82. The number of benzene rings is 1. The molecule has 0 aliphatic heterocycles. The van der Waals surface area contributed by atoms with E-state index in [-0.39, 0.29) is 5.82 Å². The topological polar surface area (TPSA) is 38.1 Å². The van der Waals surface area contributed by atoms with Crippen LogP contribution in [0.3, 0.4) is 0 Å². The van der Waals surface area contributed by atoms with Crippen molar-refractivity contribution in [3.05, 3.63) is 51.5 Å². The van der Waals surface area contributed by atoms with Crippen molar-refractivity contribution >= 4 is 15.9 Å². The first-order valence-electron chi connectivity index (χ1n) is 5.60. The predicted molar refractivity (Wildman–Crippen MR) is 70.7 cm³/mol. The molecule has 0 amide bonds. The summed E-state index contributed by atoms with van der Waals surface area (Å²) in [6.45, 7) is 1.90. The average Bonchev–Trinajstić information content (AvgIpc) is 2.66. The van der Waals surface area contributed by atoms with Gasteiger partial charge in [0.2, 0.25) is 0 Å². The number of nitrogens with zero attached hydrogens (tertiary/aromatic N) is 2. The van der Waals surface area contributed by atoms with Crippen LogP contribution in [0.2, 0.25) is 0 Å². The highest BCUT2D eigenvalue weighted by Crippen LogP contribution is 2.27. The van der Waals surface area contributed by atoms with E-state index in [1.807, 2.05) is 14.0 Å². The van der Waals surface area contributed by atoms with E-state index >= 15 is 0 Å². The molecular formula is C13H14BrFN2O. The van der Waals surface area contributed by atoms with Crippen LogP contribution in [-0.4, -0.2) is 14.9 Å². The zero-order valence-corrected chi connectivity index (χ0v) is 11.8. The van der Waals surface area contributed by atoms with E-state index in [0.717, 1.165) is 16.8 Å². The maximum atomic E-state index is 13.4. The zero-order chi connectivity index (χ0) is 13.3. The van der Waals surface area contributed by atoms with Crippen molar-refractivity contribution in [2.75, 3.05) is 0 Å². The first-order chi connectivity index (χ1) is 8.50. The largest absolute Gasteiger partial charge is 0.388 e. The van der Waals surface area contributed by atoms with Crippen LogP contribution in [0.4, 0.5) is 4.39 Å². The summed E-state index contributed by atoms with van der Waals surface area (Å²) in [5.74, 6) is -0.317. The van der Waals surface area contributed by atoms with Crippen LogP contribution in [0, 0.1) is 12.7 Å². The second kappa shape index (κ2) is 5.20. The Balaban J connectivity index is 2.24. The number of hydrogen-bond acceptors (Lipinski definition) is 2. The van der Waals surface area contributed by atoms with Gasteiger partial charge in [0.05, 0.1) is 16.8 Å². The summed E-state index contributed by atoms with van der Waals surface area (Å²) in [5.41, 5.74) is 2.43. The molecule has 1 heterocycles. The molecule has 0 radical (unpaired) electrons. The van der Waals surface area contributed by atoms with Crippen LogP contribution < -0.4 is 0 Å². The number of aromatic nitrogens is 2. The molecule has 1 aromatic carbocycles. The number of hydrogen-bond donors (Lipinski definition) is 1. The summed E-state index contributed by atoms with van der Waals surface area (Å²) in [6.07, 6.45) is 1.31. The van der Waals surface area contributed by atoms with Crippen LogP contribution in [0.5, 0.6) is 0 Å². The highest BCUT2D eigenvalue weighted by atomic mass is 79.9. The third-order valence-electron chi connectivity index (χ3n) is 3.08. The summed E-state index contributed by atoms with van der Waals surface area (Å²) in [5, 5.41) is 14.3. The molecule has 3 nitrogen and oxygen atoms in total. The predicted octanol–water partition coefficient (Wildman–Crippen LogP) is 2.91. The van der Waals surface area contributed by atoms with Gasteiger partial charge in [-0.2, -0.15) is 5.10 Å². The molecule has 1 unspecified atom stereocenters. The van der Waals surface area contributed by atoms with Crippen LogP contribution >= 0.6 is 15.9 Å². The molecule has 1 N–H and O–H groups in total. The molecule has 0 aliphatic rings. The monoisotopic (exact) mass is 312 g/mol. The molecule has 0 aliphatic carbocycles. The van der Waals surface area contributed by atoms with E-state index in [0.29, 0.717) is 10.9 Å². The van der Waals surface area contributed by atoms with Gasteiger partial charge in [-0.25, -0.2) is 4.39 Å². The van der Waals surface area contributed by atoms with Gasteiger partial charge in [0.15, 0.2) is 0 Å². The fraction of sp³-hybridized carbons (Fsp3) is 0.308. The third kappa shape index (κ3) is 2.47. The average molecular weight is 313 g/mol. The smallest absolute Gasteiger partial charge is 0.137 e. The normalized spacial score (nSPS) is 12.7. The van der Waals surface area contributed by atoms with Crippen LogP contribution in [-0.2, 0) is 13.5 Å². The molecular weight excluding hydrogens is 299 g/mol. The standard InChI is InChI=1S/C13H14BrFN2O/c1-8-10(7-16-17(8)2)12(18)6-9-4-3-5-11(15)13(9)14/h3-5,7,12,18H,6H2,1-2H3. The van der Waals surface area contributed by atoms with E-state index < -0.39 is 6.10 Å². The molecule has 0 saturated heterocycles. The Bertz CT molecular complexity index is 568. The van der Waals surface area contributed by atoms with Gasteiger partial charge in [0, 0.05) is 24.7 Å². The summed E-state index contributed by atoms with van der Waals surface area (Å²) in [4.78, 5) is 0. The molecule has 1 atom stereocenters. The Morgan fingerprint density at radius 1 is 1.50 bits per heavy atom. The van der Waals surface area contributed by atoms with Gasteiger partial charge in [0.25, 0.3) is 0 Å². The maximum Gasteiger partial charge on any atom is 0.137 e. The summed E-state index contributed by atoms with van der Waals surface area (Å²) >= 11 is 3.20. The number of aliphatic hydroxyl groups is 1. The Morgan fingerprint density at radius 3 is 2.83 bits per heavy atom. The molecule has 2 rings (SSSR count). The maximum absolute atomic E-state index is 13.4. The Hall–Kier alpha value is -1.20. The van der Waals surface area contributed by atoms with E-state index in [1.54, 1.807) is 23.0 Å². The van der Waals surface area contributed by atoms with E-state index in [4.69, 9.17) is 0 Å². The molecule has 5 heteroatoms. The fourth-order valence-electron chi connectivity index (χ4n) is 1.87. The van der Waals surface area contributed by atoms with Crippen molar-refractivity contribution in [2.45, 2.75) is 19.4 Å². The van der Waals surface area contributed by atoms with E-state index in [1.165, 1.54) is 6.07 Å². The molecule has 18 heavy (non-hydrogen) atoms. The molecule has 0 bridgehead atoms. The van der Waals surface area contributed by atoms with Gasteiger partial charge in [0.1, 0.15) is 5.82 Å². The lowest BCUT2D eigenvalue weighted by molar-refractivity contribution is 0.177. The lowest BCUT2D eigenvalue weighted by atomic mass is 10.0. The van der Waals surface area contributed by atoms with Crippen molar-refractivity contribution < 1.29 is 9.50 Å². The van der Waals surface area contributed by atoms with E-state index in [9.17, 15) is 9.50 Å². The Kier molecular flexibility index (Phi) is 3.82. The van der Waals surface area contributed by atoms with Crippen LogP contribution in [0.1, 0.15) is 22.9 Å². The van der Waals surface area contributed by atoms with Crippen molar-refractivity contribution in [2.24, 2.45) is 7.05 Å². The molecule has 0 fully saturated rings. The highest BCUT2D eigenvalue weighted by molar-refractivity contribution is 9.10. The lowest BCUT2D eigenvalue weighted by Gasteiger charge is -2.12. The second-order valence-electron chi connectivity index (χ2n) is 4.24. The number of aryl methyl sites for hydroxylation is 1. The Morgan fingerprint density at radius 2 is 2.22 bits per heavy atom. The van der Waals surface area contributed by atoms with Gasteiger partial charge >= 0.3 is 0 Å². The van der Waals surface area contributed by atoms with Gasteiger partial charge in [-0.05, 0) is 34.5 Å². The lowest BCUT2D eigenvalue weighted by Crippen LogP contribution is -2.04. The molecule has 2 aromatic rings. The molecule has 0 saturated carbocycles. The van der Waals surface area contributed by atoms with Crippen molar-refractivity contribution in [1.29, 1.82) is 0 Å². The van der Waals surface area contributed by atoms with Gasteiger partial charge in [-0.15, -0.1) is 0 Å². The SMILES string of the molecule is Cc1c(C(O)Cc2cccc(F)c2Br)cnn1C. The number of aliphatic hydroxyl groups excluding tert-OH is 1. The first kappa shape index (κ1) is 13.2. The molecule has 1 aromatic heterocycles. The number of rotatable bonds is 3. The van der Waals surface area contributed by atoms with Crippen LogP contribution in [0.25, 0.3) is 0 Å². The molecule has 96 valence electrons.